The van der Waals surface area contributed by atoms with E-state index in [0.717, 1.165) is 38.9 Å². The van der Waals surface area contributed by atoms with E-state index in [0.29, 0.717) is 24.0 Å². The monoisotopic (exact) mass is 424 g/mol. The molecule has 0 aliphatic rings. The zero-order chi connectivity index (χ0) is 22.1. The van der Waals surface area contributed by atoms with Crippen LogP contribution in [0.15, 0.2) is 65.6 Å². The number of nitrogens with one attached hydrogen (secondary N) is 2. The summed E-state index contributed by atoms with van der Waals surface area (Å²) in [5.41, 5.74) is 6.00. The van der Waals surface area contributed by atoms with Gasteiger partial charge >= 0.3 is 0 Å². The first-order valence-electron chi connectivity index (χ1n) is 10.1. The number of aromatic amines is 1. The molecular weight excluding hydrogens is 404 g/mol. The minimum atomic E-state index is -0.222. The molecule has 1 aromatic carbocycles. The van der Waals surface area contributed by atoms with Gasteiger partial charge in [0.15, 0.2) is 5.82 Å². The van der Waals surface area contributed by atoms with Gasteiger partial charge in [-0.3, -0.25) is 14.8 Å². The first kappa shape index (κ1) is 19.6. The average molecular weight is 424 g/mol. The lowest BCUT2D eigenvalue weighted by molar-refractivity contribution is 0.0946. The maximum absolute atomic E-state index is 12.7. The molecule has 5 aromatic rings. The van der Waals surface area contributed by atoms with Gasteiger partial charge < -0.3 is 14.8 Å². The predicted molar refractivity (Wildman–Crippen MR) is 120 cm³/mol. The fourth-order valence-corrected chi connectivity index (χ4v) is 3.55. The van der Waals surface area contributed by atoms with E-state index in [9.17, 15) is 4.79 Å². The molecule has 0 saturated carbocycles. The Morgan fingerprint density at radius 1 is 1.09 bits per heavy atom. The van der Waals surface area contributed by atoms with Crippen LogP contribution in [0.25, 0.3) is 33.6 Å². The van der Waals surface area contributed by atoms with Gasteiger partial charge in [-0.15, -0.1) is 0 Å². The van der Waals surface area contributed by atoms with Crippen molar-refractivity contribution in [2.24, 2.45) is 0 Å². The number of aryl methyl sites for hydroxylation is 2. The number of amides is 1. The Kier molecular flexibility index (Phi) is 4.95. The van der Waals surface area contributed by atoms with Gasteiger partial charge in [-0.2, -0.15) is 4.98 Å². The van der Waals surface area contributed by atoms with E-state index in [4.69, 9.17) is 4.52 Å². The van der Waals surface area contributed by atoms with Crippen molar-refractivity contribution in [3.8, 4) is 22.7 Å². The summed E-state index contributed by atoms with van der Waals surface area (Å²) in [6.45, 7) is 4.18. The van der Waals surface area contributed by atoms with Crippen LogP contribution in [0.1, 0.15) is 27.4 Å². The van der Waals surface area contributed by atoms with Crippen molar-refractivity contribution in [3.05, 3.63) is 83.7 Å². The van der Waals surface area contributed by atoms with Gasteiger partial charge in [-0.1, -0.05) is 11.2 Å². The number of carbonyl (C=O) groups is 1. The second kappa shape index (κ2) is 8.07. The smallest absolute Gasteiger partial charge is 0.274 e. The minimum Gasteiger partial charge on any atom is -0.351 e. The molecule has 32 heavy (non-hydrogen) atoms. The quantitative estimate of drug-likeness (QED) is 0.437. The van der Waals surface area contributed by atoms with E-state index < -0.39 is 0 Å². The molecule has 0 bridgehead atoms. The van der Waals surface area contributed by atoms with Crippen LogP contribution in [0.3, 0.4) is 0 Å². The molecule has 4 aromatic heterocycles. The Morgan fingerprint density at radius 3 is 2.72 bits per heavy atom. The van der Waals surface area contributed by atoms with Crippen LogP contribution in [0.4, 0.5) is 0 Å². The summed E-state index contributed by atoms with van der Waals surface area (Å²) < 4.78 is 5.26. The highest BCUT2D eigenvalue weighted by Crippen LogP contribution is 2.29. The van der Waals surface area contributed by atoms with E-state index >= 15 is 0 Å². The van der Waals surface area contributed by atoms with Gasteiger partial charge in [-0.05, 0) is 72.5 Å². The summed E-state index contributed by atoms with van der Waals surface area (Å²) in [5.74, 6) is 0.815. The average Bonchev–Trinajstić information content (AvgIpc) is 3.44. The summed E-state index contributed by atoms with van der Waals surface area (Å²) in [6.07, 6.45) is 5.13. The van der Waals surface area contributed by atoms with Crippen molar-refractivity contribution in [3.63, 3.8) is 0 Å². The highest BCUT2D eigenvalue weighted by atomic mass is 16.5. The minimum absolute atomic E-state index is 0.222. The van der Waals surface area contributed by atoms with Gasteiger partial charge in [0.1, 0.15) is 11.4 Å². The Labute approximate surface area is 183 Å². The number of nitrogens with zero attached hydrogens (tertiary/aromatic N) is 4. The van der Waals surface area contributed by atoms with Crippen LogP contribution < -0.4 is 5.32 Å². The van der Waals surface area contributed by atoms with Crippen LogP contribution >= 0.6 is 0 Å². The fourth-order valence-electron chi connectivity index (χ4n) is 3.55. The third kappa shape index (κ3) is 3.85. The largest absolute Gasteiger partial charge is 0.351 e. The van der Waals surface area contributed by atoms with Crippen LogP contribution in [-0.2, 0) is 6.54 Å². The van der Waals surface area contributed by atoms with Gasteiger partial charge in [0.2, 0.25) is 0 Å². The van der Waals surface area contributed by atoms with Crippen molar-refractivity contribution in [1.82, 2.24) is 30.4 Å². The van der Waals surface area contributed by atoms with Gasteiger partial charge in [0.05, 0.1) is 0 Å². The number of hydrogen-bond acceptors (Lipinski definition) is 6. The molecule has 8 nitrogen and oxygen atoms in total. The van der Waals surface area contributed by atoms with Gasteiger partial charge in [0, 0.05) is 36.0 Å². The van der Waals surface area contributed by atoms with Crippen molar-refractivity contribution in [1.29, 1.82) is 0 Å². The van der Waals surface area contributed by atoms with Crippen molar-refractivity contribution in [2.45, 2.75) is 20.4 Å². The highest BCUT2D eigenvalue weighted by molar-refractivity contribution is 5.94. The third-order valence-corrected chi connectivity index (χ3v) is 5.23. The number of aromatic nitrogens is 5. The lowest BCUT2D eigenvalue weighted by atomic mass is 10.00. The Hall–Kier alpha value is -4.33. The summed E-state index contributed by atoms with van der Waals surface area (Å²) in [6, 6.07) is 13.6. The Morgan fingerprint density at radius 2 is 1.94 bits per heavy atom. The van der Waals surface area contributed by atoms with E-state index in [-0.39, 0.29) is 5.91 Å². The lowest BCUT2D eigenvalue weighted by Gasteiger charge is -2.10. The SMILES string of the molecule is Cc1noc(-c2cc3cc(-c4cc(C(=O)NCc5ccncc5)ncc4C)ccc3[nH]2)n1. The van der Waals surface area contributed by atoms with Crippen LogP contribution in [-0.4, -0.2) is 31.0 Å². The highest BCUT2D eigenvalue weighted by Gasteiger charge is 2.14. The molecular formula is C24H20N6O2. The number of fused-ring (bicyclic) bond motifs is 1. The molecule has 1 amide bonds. The number of rotatable bonds is 5. The topological polar surface area (TPSA) is 110 Å². The van der Waals surface area contributed by atoms with Crippen molar-refractivity contribution in [2.75, 3.05) is 0 Å². The molecule has 0 atom stereocenters. The molecule has 0 fully saturated rings. The van der Waals surface area contributed by atoms with E-state index in [2.05, 4.69) is 36.5 Å². The molecule has 0 radical (unpaired) electrons. The molecule has 0 aliphatic carbocycles. The second-order valence-corrected chi connectivity index (χ2v) is 7.55. The van der Waals surface area contributed by atoms with E-state index in [1.165, 1.54) is 0 Å². The Bertz CT molecular complexity index is 1420. The standard InChI is InChI=1S/C24H20N6O2/c1-14-12-26-21(23(31)27-13-16-5-7-25-8-6-16)11-19(14)17-3-4-20-18(9-17)10-22(29-20)24-28-15(2)30-32-24/h3-12,29H,13H2,1-2H3,(H,27,31). The molecule has 8 heteroatoms. The predicted octanol–water partition coefficient (Wildman–Crippen LogP) is 4.22. The molecule has 0 aliphatic heterocycles. The number of carbonyl (C=O) groups excluding carboxylic acids is 1. The Balaban J connectivity index is 1.43. The lowest BCUT2D eigenvalue weighted by Crippen LogP contribution is -2.23. The maximum atomic E-state index is 12.7. The fraction of sp³-hybridized carbons (Fsp3) is 0.125. The number of pyridine rings is 2. The molecule has 4 heterocycles. The number of H-pyrrole nitrogens is 1. The summed E-state index contributed by atoms with van der Waals surface area (Å²) in [4.78, 5) is 28.6. The first-order valence-corrected chi connectivity index (χ1v) is 10.1. The van der Waals surface area contributed by atoms with E-state index in [1.807, 2.05) is 43.3 Å². The third-order valence-electron chi connectivity index (χ3n) is 5.23. The molecule has 5 rings (SSSR count). The van der Waals surface area contributed by atoms with Crippen molar-refractivity contribution >= 4 is 16.8 Å². The molecule has 0 saturated heterocycles. The molecule has 2 N–H and O–H groups in total. The van der Waals surface area contributed by atoms with Crippen LogP contribution in [0.5, 0.6) is 0 Å². The summed E-state index contributed by atoms with van der Waals surface area (Å²) >= 11 is 0. The van der Waals surface area contributed by atoms with E-state index in [1.54, 1.807) is 25.5 Å². The number of benzene rings is 1. The number of hydrogen-bond donors (Lipinski definition) is 2. The summed E-state index contributed by atoms with van der Waals surface area (Å²) in [5, 5.41) is 7.76. The zero-order valence-electron chi connectivity index (χ0n) is 17.6. The van der Waals surface area contributed by atoms with Crippen LogP contribution in [0.2, 0.25) is 0 Å². The first-order chi connectivity index (χ1) is 15.6. The molecule has 0 unspecified atom stereocenters. The van der Waals surface area contributed by atoms with Gasteiger partial charge in [0.25, 0.3) is 11.8 Å². The molecule has 0 spiro atoms. The molecule has 158 valence electrons. The zero-order valence-corrected chi connectivity index (χ0v) is 17.6. The second-order valence-electron chi connectivity index (χ2n) is 7.55. The summed E-state index contributed by atoms with van der Waals surface area (Å²) in [7, 11) is 0. The van der Waals surface area contributed by atoms with Gasteiger partial charge in [-0.25, -0.2) is 0 Å². The maximum Gasteiger partial charge on any atom is 0.274 e. The van der Waals surface area contributed by atoms with Crippen LogP contribution in [0, 0.1) is 13.8 Å². The van der Waals surface area contributed by atoms with Crippen molar-refractivity contribution < 1.29 is 9.32 Å². The normalized spacial score (nSPS) is 11.1.